The highest BCUT2D eigenvalue weighted by atomic mass is 16.5. The highest BCUT2D eigenvalue weighted by molar-refractivity contribution is 5.79. The molecule has 0 radical (unpaired) electrons. The van der Waals surface area contributed by atoms with Gasteiger partial charge in [-0.15, -0.1) is 0 Å². The molecule has 2 aromatic rings. The molecule has 6 heteroatoms. The van der Waals surface area contributed by atoms with Crippen molar-refractivity contribution in [3.8, 4) is 11.5 Å². The third kappa shape index (κ3) is 5.31. The number of hydrogen-bond donors (Lipinski definition) is 1. The number of para-hydroxylation sites is 2. The fourth-order valence-corrected chi connectivity index (χ4v) is 4.67. The quantitative estimate of drug-likeness (QED) is 0.772. The predicted octanol–water partition coefficient (Wildman–Crippen LogP) is 3.35. The molecule has 2 fully saturated rings. The SMILES string of the molecule is CCOc1ccccc1N1CCN(C(=O)C2CCN(Cc3cccc(O)c3)CC2)CC1. The van der Waals surface area contributed by atoms with Crippen LogP contribution in [0.25, 0.3) is 0 Å². The molecule has 2 heterocycles. The summed E-state index contributed by atoms with van der Waals surface area (Å²) in [5.74, 6) is 1.67. The van der Waals surface area contributed by atoms with Crippen LogP contribution in [0.4, 0.5) is 5.69 Å². The zero-order valence-electron chi connectivity index (χ0n) is 18.4. The van der Waals surface area contributed by atoms with E-state index in [0.717, 1.165) is 75.7 Å². The minimum Gasteiger partial charge on any atom is -0.508 e. The normalized spacial score (nSPS) is 18.2. The van der Waals surface area contributed by atoms with Gasteiger partial charge in [-0.2, -0.15) is 0 Å². The van der Waals surface area contributed by atoms with Crippen molar-refractivity contribution in [2.24, 2.45) is 5.92 Å². The molecule has 31 heavy (non-hydrogen) atoms. The van der Waals surface area contributed by atoms with E-state index < -0.39 is 0 Å². The Bertz CT molecular complexity index is 872. The van der Waals surface area contributed by atoms with E-state index in [-0.39, 0.29) is 5.92 Å². The van der Waals surface area contributed by atoms with Crippen LogP contribution in [0.3, 0.4) is 0 Å². The largest absolute Gasteiger partial charge is 0.508 e. The van der Waals surface area contributed by atoms with E-state index >= 15 is 0 Å². The van der Waals surface area contributed by atoms with Gasteiger partial charge in [-0.25, -0.2) is 0 Å². The van der Waals surface area contributed by atoms with Gasteiger partial charge in [0.1, 0.15) is 11.5 Å². The van der Waals surface area contributed by atoms with E-state index in [0.29, 0.717) is 18.3 Å². The average molecular weight is 424 g/mol. The molecule has 1 amide bonds. The summed E-state index contributed by atoms with van der Waals surface area (Å²) >= 11 is 0. The second kappa shape index (κ2) is 10.1. The minimum absolute atomic E-state index is 0.127. The Balaban J connectivity index is 1.26. The number of carbonyl (C=O) groups excluding carboxylic acids is 1. The molecule has 2 aliphatic rings. The van der Waals surface area contributed by atoms with E-state index in [1.807, 2.05) is 43.3 Å². The fourth-order valence-electron chi connectivity index (χ4n) is 4.67. The summed E-state index contributed by atoms with van der Waals surface area (Å²) in [6.45, 7) is 8.54. The van der Waals surface area contributed by atoms with Gasteiger partial charge in [0.05, 0.1) is 12.3 Å². The van der Waals surface area contributed by atoms with Crippen molar-refractivity contribution in [2.45, 2.75) is 26.3 Å². The van der Waals surface area contributed by atoms with Crippen molar-refractivity contribution in [3.05, 3.63) is 54.1 Å². The number of anilines is 1. The number of nitrogens with zero attached hydrogens (tertiary/aromatic N) is 3. The number of phenolic OH excluding ortho intramolecular Hbond substituents is 1. The molecule has 0 atom stereocenters. The summed E-state index contributed by atoms with van der Waals surface area (Å²) in [7, 11) is 0. The first-order valence-corrected chi connectivity index (χ1v) is 11.4. The van der Waals surface area contributed by atoms with Crippen LogP contribution in [0.1, 0.15) is 25.3 Å². The molecular weight excluding hydrogens is 390 g/mol. The molecule has 2 aliphatic heterocycles. The molecule has 2 aromatic carbocycles. The number of ether oxygens (including phenoxy) is 1. The van der Waals surface area contributed by atoms with Gasteiger partial charge >= 0.3 is 0 Å². The standard InChI is InChI=1S/C25H33N3O3/c1-2-31-24-9-4-3-8-23(24)27-14-16-28(17-15-27)25(30)21-10-12-26(13-11-21)19-20-6-5-7-22(29)18-20/h3-9,18,21,29H,2,10-17,19H2,1H3. The Morgan fingerprint density at radius 2 is 1.74 bits per heavy atom. The molecule has 0 spiro atoms. The summed E-state index contributed by atoms with van der Waals surface area (Å²) < 4.78 is 5.78. The highest BCUT2D eigenvalue weighted by Crippen LogP contribution is 2.29. The Morgan fingerprint density at radius 3 is 2.45 bits per heavy atom. The predicted molar refractivity (Wildman–Crippen MR) is 123 cm³/mol. The van der Waals surface area contributed by atoms with Gasteiger partial charge < -0.3 is 19.6 Å². The van der Waals surface area contributed by atoms with Crippen LogP contribution in [-0.2, 0) is 11.3 Å². The van der Waals surface area contributed by atoms with Crippen molar-refractivity contribution in [3.63, 3.8) is 0 Å². The molecule has 0 unspecified atom stereocenters. The molecule has 166 valence electrons. The van der Waals surface area contributed by atoms with E-state index in [1.54, 1.807) is 6.07 Å². The van der Waals surface area contributed by atoms with Crippen molar-refractivity contribution in [2.75, 3.05) is 50.8 Å². The molecular formula is C25H33N3O3. The monoisotopic (exact) mass is 423 g/mol. The smallest absolute Gasteiger partial charge is 0.225 e. The number of benzene rings is 2. The third-order valence-electron chi connectivity index (χ3n) is 6.35. The molecule has 6 nitrogen and oxygen atoms in total. The summed E-state index contributed by atoms with van der Waals surface area (Å²) in [5.41, 5.74) is 2.24. The van der Waals surface area contributed by atoms with Gasteiger partial charge in [0, 0.05) is 38.6 Å². The van der Waals surface area contributed by atoms with Crippen LogP contribution in [0, 0.1) is 5.92 Å². The molecule has 0 aromatic heterocycles. The van der Waals surface area contributed by atoms with Gasteiger partial charge in [-0.1, -0.05) is 24.3 Å². The Kier molecular flexibility index (Phi) is 6.97. The second-order valence-electron chi connectivity index (χ2n) is 8.43. The second-order valence-corrected chi connectivity index (χ2v) is 8.43. The number of aromatic hydroxyl groups is 1. The lowest BCUT2D eigenvalue weighted by atomic mass is 9.94. The topological polar surface area (TPSA) is 56.2 Å². The minimum atomic E-state index is 0.127. The molecule has 0 saturated carbocycles. The van der Waals surface area contributed by atoms with E-state index in [2.05, 4.69) is 20.8 Å². The fraction of sp³-hybridized carbons (Fsp3) is 0.480. The average Bonchev–Trinajstić information content (AvgIpc) is 2.80. The van der Waals surface area contributed by atoms with E-state index in [9.17, 15) is 9.90 Å². The first-order valence-electron chi connectivity index (χ1n) is 11.4. The van der Waals surface area contributed by atoms with Crippen LogP contribution >= 0.6 is 0 Å². The summed E-state index contributed by atoms with van der Waals surface area (Å²) in [6, 6.07) is 15.6. The number of hydrogen-bond acceptors (Lipinski definition) is 5. The zero-order chi connectivity index (χ0) is 21.6. The van der Waals surface area contributed by atoms with Crippen molar-refractivity contribution in [1.82, 2.24) is 9.80 Å². The first kappa shape index (κ1) is 21.5. The summed E-state index contributed by atoms with van der Waals surface area (Å²) in [4.78, 5) is 19.9. The lowest BCUT2D eigenvalue weighted by Gasteiger charge is -2.39. The Hall–Kier alpha value is -2.73. The number of amides is 1. The van der Waals surface area contributed by atoms with Crippen molar-refractivity contribution in [1.29, 1.82) is 0 Å². The van der Waals surface area contributed by atoms with Gasteiger partial charge in [0.15, 0.2) is 0 Å². The molecule has 0 aliphatic carbocycles. The summed E-state index contributed by atoms with van der Waals surface area (Å²) in [6.07, 6.45) is 1.82. The van der Waals surface area contributed by atoms with Crippen LogP contribution in [0.5, 0.6) is 11.5 Å². The number of likely N-dealkylation sites (tertiary alicyclic amines) is 1. The Morgan fingerprint density at radius 1 is 1.00 bits per heavy atom. The van der Waals surface area contributed by atoms with Crippen molar-refractivity contribution < 1.29 is 14.6 Å². The number of piperidine rings is 1. The van der Waals surface area contributed by atoms with Crippen LogP contribution in [0.2, 0.25) is 0 Å². The van der Waals surface area contributed by atoms with Crippen LogP contribution < -0.4 is 9.64 Å². The van der Waals surface area contributed by atoms with E-state index in [4.69, 9.17) is 4.74 Å². The lowest BCUT2D eigenvalue weighted by Crippen LogP contribution is -2.51. The maximum absolute atomic E-state index is 13.1. The number of carbonyl (C=O) groups is 1. The number of phenols is 1. The summed E-state index contributed by atoms with van der Waals surface area (Å²) in [5, 5.41) is 9.66. The van der Waals surface area contributed by atoms with Crippen LogP contribution in [0.15, 0.2) is 48.5 Å². The molecule has 4 rings (SSSR count). The van der Waals surface area contributed by atoms with Gasteiger partial charge in [-0.05, 0) is 62.7 Å². The lowest BCUT2D eigenvalue weighted by molar-refractivity contribution is -0.137. The maximum atomic E-state index is 13.1. The first-order chi connectivity index (χ1) is 15.1. The highest BCUT2D eigenvalue weighted by Gasteiger charge is 2.30. The zero-order valence-corrected chi connectivity index (χ0v) is 18.4. The van der Waals surface area contributed by atoms with Crippen molar-refractivity contribution >= 4 is 11.6 Å². The molecule has 2 saturated heterocycles. The number of rotatable bonds is 6. The number of piperazine rings is 1. The maximum Gasteiger partial charge on any atom is 0.225 e. The third-order valence-corrected chi connectivity index (χ3v) is 6.35. The van der Waals surface area contributed by atoms with Gasteiger partial charge in [0.25, 0.3) is 0 Å². The van der Waals surface area contributed by atoms with Gasteiger partial charge in [-0.3, -0.25) is 9.69 Å². The Labute approximate surface area is 185 Å². The molecule has 1 N–H and O–H groups in total. The van der Waals surface area contributed by atoms with Gasteiger partial charge in [0.2, 0.25) is 5.91 Å². The van der Waals surface area contributed by atoms with Crippen LogP contribution in [-0.4, -0.2) is 66.7 Å². The van der Waals surface area contributed by atoms with E-state index in [1.165, 1.54) is 0 Å². The molecule has 0 bridgehead atoms.